The molecule has 7 nitrogen and oxygen atoms in total. The second-order valence-electron chi connectivity index (χ2n) is 4.08. The highest BCUT2D eigenvalue weighted by Crippen LogP contribution is 1.99. The summed E-state index contributed by atoms with van der Waals surface area (Å²) < 4.78 is 1.67. The second-order valence-corrected chi connectivity index (χ2v) is 4.08. The van der Waals surface area contributed by atoms with E-state index in [2.05, 4.69) is 15.7 Å². The van der Waals surface area contributed by atoms with Crippen LogP contribution in [0.1, 0.15) is 19.0 Å². The maximum atomic E-state index is 11.4. The monoisotopic (exact) mass is 254 g/mol. The summed E-state index contributed by atoms with van der Waals surface area (Å²) in [6.07, 6.45) is 2.07. The third-order valence-electron chi connectivity index (χ3n) is 2.64. The van der Waals surface area contributed by atoms with Gasteiger partial charge in [-0.1, -0.05) is 6.92 Å². The van der Waals surface area contributed by atoms with Gasteiger partial charge in [-0.25, -0.2) is 4.79 Å². The average molecular weight is 254 g/mol. The van der Waals surface area contributed by atoms with E-state index in [-0.39, 0.29) is 6.03 Å². The van der Waals surface area contributed by atoms with Gasteiger partial charge in [0.05, 0.1) is 18.2 Å². The van der Waals surface area contributed by atoms with E-state index >= 15 is 0 Å². The first kappa shape index (κ1) is 14.0. The molecular weight excluding hydrogens is 236 g/mol. The number of nitrogens with one attached hydrogen (secondary N) is 2. The molecule has 1 rings (SSSR count). The van der Waals surface area contributed by atoms with Gasteiger partial charge in [0.25, 0.3) is 0 Å². The molecule has 18 heavy (non-hydrogen) atoms. The fourth-order valence-corrected chi connectivity index (χ4v) is 1.33. The lowest BCUT2D eigenvalue weighted by molar-refractivity contribution is -0.141. The van der Waals surface area contributed by atoms with Crippen LogP contribution in [0.3, 0.4) is 0 Å². The summed E-state index contributed by atoms with van der Waals surface area (Å²) in [5.41, 5.74) is 0.893. The summed E-state index contributed by atoms with van der Waals surface area (Å²) in [4.78, 5) is 22.0. The number of hydrogen-bond donors (Lipinski definition) is 3. The molecule has 2 amide bonds. The van der Waals surface area contributed by atoms with Crippen molar-refractivity contribution in [2.24, 2.45) is 13.0 Å². The molecule has 0 aromatic carbocycles. The minimum atomic E-state index is -0.855. The number of hydrogen-bond acceptors (Lipinski definition) is 3. The lowest BCUT2D eigenvalue weighted by Crippen LogP contribution is -2.36. The molecule has 0 fully saturated rings. The van der Waals surface area contributed by atoms with E-state index in [9.17, 15) is 9.59 Å². The molecule has 0 radical (unpaired) electrons. The zero-order valence-electron chi connectivity index (χ0n) is 10.5. The van der Waals surface area contributed by atoms with Gasteiger partial charge < -0.3 is 15.7 Å². The number of aryl methyl sites for hydroxylation is 1. The maximum Gasteiger partial charge on any atom is 0.315 e. The Morgan fingerprint density at radius 2 is 2.22 bits per heavy atom. The van der Waals surface area contributed by atoms with E-state index in [0.717, 1.165) is 5.69 Å². The summed E-state index contributed by atoms with van der Waals surface area (Å²) in [5.74, 6) is -1.31. The van der Waals surface area contributed by atoms with Crippen molar-refractivity contribution < 1.29 is 14.7 Å². The highest BCUT2D eigenvalue weighted by molar-refractivity contribution is 5.74. The van der Waals surface area contributed by atoms with Gasteiger partial charge in [0.2, 0.25) is 0 Å². The summed E-state index contributed by atoms with van der Waals surface area (Å²) in [6, 6.07) is 1.50. The number of aromatic nitrogens is 2. The Morgan fingerprint density at radius 1 is 1.50 bits per heavy atom. The Bertz CT molecular complexity index is 416. The zero-order chi connectivity index (χ0) is 13.5. The number of nitrogens with zero attached hydrogens (tertiary/aromatic N) is 2. The molecule has 0 spiro atoms. The number of amides is 2. The number of carbonyl (C=O) groups excluding carboxylic acids is 1. The third-order valence-corrected chi connectivity index (χ3v) is 2.64. The van der Waals surface area contributed by atoms with E-state index in [0.29, 0.717) is 19.5 Å². The van der Waals surface area contributed by atoms with Crippen LogP contribution in [-0.2, 0) is 18.4 Å². The van der Waals surface area contributed by atoms with E-state index in [1.807, 2.05) is 6.07 Å². The summed E-state index contributed by atoms with van der Waals surface area (Å²) in [7, 11) is 1.80. The van der Waals surface area contributed by atoms with Crippen molar-refractivity contribution in [1.29, 1.82) is 0 Å². The second kappa shape index (κ2) is 6.63. The SMILES string of the molecule is CC(CCNC(=O)NCc1ccnn1C)C(=O)O. The molecule has 1 aromatic rings. The Hall–Kier alpha value is -2.05. The fraction of sp³-hybridized carbons (Fsp3) is 0.545. The molecule has 7 heteroatoms. The quantitative estimate of drug-likeness (QED) is 0.681. The summed E-state index contributed by atoms with van der Waals surface area (Å²) >= 11 is 0. The first-order chi connectivity index (χ1) is 8.50. The van der Waals surface area contributed by atoms with Gasteiger partial charge in [-0.2, -0.15) is 5.10 Å². The molecule has 1 atom stereocenters. The van der Waals surface area contributed by atoms with E-state index < -0.39 is 11.9 Å². The normalized spacial score (nSPS) is 11.9. The molecule has 0 aliphatic carbocycles. The predicted molar refractivity (Wildman–Crippen MR) is 64.9 cm³/mol. The third kappa shape index (κ3) is 4.44. The highest BCUT2D eigenvalue weighted by atomic mass is 16.4. The van der Waals surface area contributed by atoms with E-state index in [4.69, 9.17) is 5.11 Å². The van der Waals surface area contributed by atoms with Crippen molar-refractivity contribution in [3.63, 3.8) is 0 Å². The van der Waals surface area contributed by atoms with Gasteiger partial charge >= 0.3 is 12.0 Å². The van der Waals surface area contributed by atoms with Gasteiger partial charge in [0.1, 0.15) is 0 Å². The van der Waals surface area contributed by atoms with Crippen LogP contribution >= 0.6 is 0 Å². The first-order valence-corrected chi connectivity index (χ1v) is 5.72. The zero-order valence-corrected chi connectivity index (χ0v) is 10.5. The topological polar surface area (TPSA) is 96.3 Å². The number of carbonyl (C=O) groups is 2. The van der Waals surface area contributed by atoms with Crippen molar-refractivity contribution in [3.05, 3.63) is 18.0 Å². The Labute approximate surface area is 105 Å². The molecule has 1 heterocycles. The van der Waals surface area contributed by atoms with Crippen molar-refractivity contribution in [3.8, 4) is 0 Å². The predicted octanol–water partition coefficient (Wildman–Crippen LogP) is 0.330. The number of carboxylic acid groups (broad SMARTS) is 1. The number of urea groups is 1. The van der Waals surface area contributed by atoms with Gasteiger partial charge in [0.15, 0.2) is 0 Å². The smallest absolute Gasteiger partial charge is 0.315 e. The van der Waals surface area contributed by atoms with E-state index in [1.165, 1.54) is 0 Å². The summed E-state index contributed by atoms with van der Waals surface area (Å²) in [6.45, 7) is 2.33. The van der Waals surface area contributed by atoms with Crippen LogP contribution in [0.2, 0.25) is 0 Å². The lowest BCUT2D eigenvalue weighted by atomic mass is 10.1. The number of rotatable bonds is 6. The molecule has 3 N–H and O–H groups in total. The Balaban J connectivity index is 2.19. The van der Waals surface area contributed by atoms with E-state index in [1.54, 1.807) is 24.9 Å². The molecule has 0 aliphatic heterocycles. The molecule has 0 aliphatic rings. The van der Waals surface area contributed by atoms with Crippen LogP contribution in [0, 0.1) is 5.92 Å². The Kier molecular flexibility index (Phi) is 5.16. The maximum absolute atomic E-state index is 11.4. The minimum absolute atomic E-state index is 0.311. The molecule has 0 saturated carbocycles. The average Bonchev–Trinajstić information content (AvgIpc) is 2.72. The first-order valence-electron chi connectivity index (χ1n) is 5.72. The summed E-state index contributed by atoms with van der Waals surface area (Å²) in [5, 5.41) is 17.9. The van der Waals surface area contributed by atoms with Gasteiger partial charge in [-0.05, 0) is 12.5 Å². The molecular formula is C11H18N4O3. The van der Waals surface area contributed by atoms with Crippen LogP contribution in [0.25, 0.3) is 0 Å². The standard InChI is InChI=1S/C11H18N4O3/c1-8(10(16)17)3-5-12-11(18)13-7-9-4-6-14-15(9)2/h4,6,8H,3,5,7H2,1-2H3,(H,16,17)(H2,12,13,18). The minimum Gasteiger partial charge on any atom is -0.481 e. The fourth-order valence-electron chi connectivity index (χ4n) is 1.33. The van der Waals surface area contributed by atoms with Crippen LogP contribution in [0.4, 0.5) is 4.79 Å². The van der Waals surface area contributed by atoms with Crippen molar-refractivity contribution >= 4 is 12.0 Å². The van der Waals surface area contributed by atoms with Crippen molar-refractivity contribution in [1.82, 2.24) is 20.4 Å². The van der Waals surface area contributed by atoms with Crippen molar-refractivity contribution in [2.45, 2.75) is 19.9 Å². The van der Waals surface area contributed by atoms with Crippen LogP contribution in [-0.4, -0.2) is 33.4 Å². The number of carboxylic acids is 1. The lowest BCUT2D eigenvalue weighted by Gasteiger charge is -2.09. The molecule has 1 unspecified atom stereocenters. The van der Waals surface area contributed by atoms with Crippen molar-refractivity contribution in [2.75, 3.05) is 6.54 Å². The molecule has 0 bridgehead atoms. The van der Waals surface area contributed by atoms with Crippen LogP contribution in [0.15, 0.2) is 12.3 Å². The number of aliphatic carboxylic acids is 1. The van der Waals surface area contributed by atoms with Crippen LogP contribution in [0.5, 0.6) is 0 Å². The Morgan fingerprint density at radius 3 is 2.78 bits per heavy atom. The molecule has 0 saturated heterocycles. The van der Waals surface area contributed by atoms with Crippen LogP contribution < -0.4 is 10.6 Å². The van der Waals surface area contributed by atoms with Gasteiger partial charge in [-0.15, -0.1) is 0 Å². The molecule has 1 aromatic heterocycles. The van der Waals surface area contributed by atoms with Gasteiger partial charge in [-0.3, -0.25) is 9.48 Å². The van der Waals surface area contributed by atoms with Gasteiger partial charge in [0, 0.05) is 19.8 Å². The highest BCUT2D eigenvalue weighted by Gasteiger charge is 2.10. The molecule has 100 valence electrons. The largest absolute Gasteiger partial charge is 0.481 e.